The van der Waals surface area contributed by atoms with Crippen molar-refractivity contribution >= 4 is 29.5 Å². The molecule has 11 heteroatoms. The van der Waals surface area contributed by atoms with Gasteiger partial charge in [0, 0.05) is 0 Å². The zero-order valence-electron chi connectivity index (χ0n) is 18.8. The summed E-state index contributed by atoms with van der Waals surface area (Å²) in [7, 11) is 0. The van der Waals surface area contributed by atoms with Crippen LogP contribution in [-0.2, 0) is 19.1 Å². The molecule has 1 aromatic carbocycles. The number of nitrogens with zero attached hydrogens (tertiary/aromatic N) is 1. The highest BCUT2D eigenvalue weighted by molar-refractivity contribution is 6.09. The molecule has 2 fully saturated rings. The summed E-state index contributed by atoms with van der Waals surface area (Å²) in [6, 6.07) is 0.730. The molecule has 0 aromatic heterocycles. The predicted molar refractivity (Wildman–Crippen MR) is 110 cm³/mol. The number of urea groups is 1. The molecule has 0 radical (unpaired) electrons. The van der Waals surface area contributed by atoms with E-state index in [2.05, 4.69) is 5.32 Å². The maximum atomic E-state index is 13.7. The number of carbonyl (C=O) groups is 4. The van der Waals surface area contributed by atoms with E-state index in [0.717, 1.165) is 17.4 Å². The first kappa shape index (κ1) is 24.5. The molecule has 1 spiro atoms. The molecule has 3 atom stereocenters. The van der Waals surface area contributed by atoms with Crippen molar-refractivity contribution in [3.8, 4) is 0 Å². The Morgan fingerprint density at radius 3 is 2.52 bits per heavy atom. The fraction of sp³-hybridized carbons (Fsp3) is 0.545. The van der Waals surface area contributed by atoms with Gasteiger partial charge in [0.15, 0.2) is 23.6 Å². The third kappa shape index (κ3) is 4.96. The minimum Gasteiger partial charge on any atom is -0.451 e. The van der Waals surface area contributed by atoms with Gasteiger partial charge in [-0.2, -0.15) is 0 Å². The standard InChI is InChI=1S/C22H26F3N3O5/c1-11-7-21(3,4)10-22(8-11)19(31)28(20(32)27-22)9-15(29)33-12(2)18(30)26-14-6-5-13(23)16(24)17(14)25/h5-6,11-12H,7-10H2,1-4H3,(H,26,30)(H,27,32). The number of benzene rings is 1. The first-order valence-electron chi connectivity index (χ1n) is 10.5. The number of anilines is 1. The lowest BCUT2D eigenvalue weighted by atomic mass is 9.64. The third-order valence-corrected chi connectivity index (χ3v) is 5.88. The van der Waals surface area contributed by atoms with E-state index in [1.807, 2.05) is 26.1 Å². The Morgan fingerprint density at radius 1 is 1.21 bits per heavy atom. The lowest BCUT2D eigenvalue weighted by Crippen LogP contribution is -2.54. The molecule has 1 heterocycles. The highest BCUT2D eigenvalue weighted by Crippen LogP contribution is 2.46. The van der Waals surface area contributed by atoms with E-state index in [0.29, 0.717) is 18.9 Å². The smallest absolute Gasteiger partial charge is 0.327 e. The van der Waals surface area contributed by atoms with Crippen LogP contribution in [0.25, 0.3) is 0 Å². The maximum Gasteiger partial charge on any atom is 0.327 e. The van der Waals surface area contributed by atoms with Crippen molar-refractivity contribution in [2.24, 2.45) is 11.3 Å². The van der Waals surface area contributed by atoms with Crippen LogP contribution in [0.15, 0.2) is 12.1 Å². The fourth-order valence-corrected chi connectivity index (χ4v) is 4.92. The second-order valence-corrected chi connectivity index (χ2v) is 9.60. The second kappa shape index (κ2) is 8.68. The van der Waals surface area contributed by atoms with Gasteiger partial charge in [-0.3, -0.25) is 19.3 Å². The number of imide groups is 1. The van der Waals surface area contributed by atoms with Gasteiger partial charge in [-0.1, -0.05) is 20.8 Å². The molecule has 180 valence electrons. The Labute approximate surface area is 188 Å². The summed E-state index contributed by atoms with van der Waals surface area (Å²) in [6.07, 6.45) is 0.309. The molecule has 3 unspecified atom stereocenters. The maximum absolute atomic E-state index is 13.7. The van der Waals surface area contributed by atoms with Crippen LogP contribution in [0.3, 0.4) is 0 Å². The highest BCUT2D eigenvalue weighted by Gasteiger charge is 2.56. The van der Waals surface area contributed by atoms with Crippen LogP contribution in [0.5, 0.6) is 0 Å². The van der Waals surface area contributed by atoms with Crippen molar-refractivity contribution in [3.63, 3.8) is 0 Å². The minimum atomic E-state index is -1.76. The molecule has 4 amide bonds. The molecular weight excluding hydrogens is 443 g/mol. The highest BCUT2D eigenvalue weighted by atomic mass is 19.2. The van der Waals surface area contributed by atoms with Gasteiger partial charge in [0.25, 0.3) is 11.8 Å². The number of rotatable bonds is 5. The van der Waals surface area contributed by atoms with Gasteiger partial charge in [0.05, 0.1) is 5.69 Å². The van der Waals surface area contributed by atoms with E-state index in [9.17, 15) is 32.3 Å². The molecule has 1 aliphatic carbocycles. The summed E-state index contributed by atoms with van der Waals surface area (Å²) in [6.45, 7) is 6.48. The SMILES string of the molecule is CC1CC(C)(C)CC2(C1)NC(=O)N(CC(=O)OC(C)C(=O)Nc1ccc(F)c(F)c1F)C2=O. The minimum absolute atomic E-state index is 0.182. The average Bonchev–Trinajstić information content (AvgIpc) is 2.89. The molecule has 2 N–H and O–H groups in total. The van der Waals surface area contributed by atoms with Crippen LogP contribution in [0, 0.1) is 28.8 Å². The largest absolute Gasteiger partial charge is 0.451 e. The number of nitrogens with one attached hydrogen (secondary N) is 2. The zero-order chi connectivity index (χ0) is 24.7. The topological polar surface area (TPSA) is 105 Å². The van der Waals surface area contributed by atoms with Crippen LogP contribution >= 0.6 is 0 Å². The number of amides is 4. The summed E-state index contributed by atoms with van der Waals surface area (Å²) in [5.74, 6) is -7.17. The number of hydrogen-bond acceptors (Lipinski definition) is 5. The van der Waals surface area contributed by atoms with Crippen molar-refractivity contribution in [2.45, 2.75) is 58.6 Å². The van der Waals surface area contributed by atoms with E-state index >= 15 is 0 Å². The van der Waals surface area contributed by atoms with Gasteiger partial charge in [-0.15, -0.1) is 0 Å². The molecule has 1 saturated carbocycles. The van der Waals surface area contributed by atoms with E-state index in [1.54, 1.807) is 0 Å². The Balaban J connectivity index is 1.62. The van der Waals surface area contributed by atoms with Crippen molar-refractivity contribution in [2.75, 3.05) is 11.9 Å². The van der Waals surface area contributed by atoms with Gasteiger partial charge in [-0.05, 0) is 49.7 Å². The van der Waals surface area contributed by atoms with Crippen LogP contribution in [0.1, 0.15) is 47.0 Å². The first-order valence-corrected chi connectivity index (χ1v) is 10.5. The monoisotopic (exact) mass is 469 g/mol. The number of carbonyl (C=O) groups excluding carboxylic acids is 4. The van der Waals surface area contributed by atoms with Crippen LogP contribution in [0.4, 0.5) is 23.7 Å². The van der Waals surface area contributed by atoms with Gasteiger partial charge in [0.1, 0.15) is 12.1 Å². The average molecular weight is 469 g/mol. The van der Waals surface area contributed by atoms with Crippen molar-refractivity contribution < 1.29 is 37.1 Å². The van der Waals surface area contributed by atoms with E-state index in [1.165, 1.54) is 6.92 Å². The van der Waals surface area contributed by atoms with Crippen LogP contribution in [0.2, 0.25) is 0 Å². The molecular formula is C22H26F3N3O5. The summed E-state index contributed by atoms with van der Waals surface area (Å²) in [5, 5.41) is 4.73. The molecule has 8 nitrogen and oxygen atoms in total. The lowest BCUT2D eigenvalue weighted by molar-refractivity contribution is -0.155. The van der Waals surface area contributed by atoms with Crippen molar-refractivity contribution in [1.29, 1.82) is 0 Å². The normalized spacial score (nSPS) is 25.1. The Morgan fingerprint density at radius 2 is 1.88 bits per heavy atom. The van der Waals surface area contributed by atoms with Crippen LogP contribution < -0.4 is 10.6 Å². The van der Waals surface area contributed by atoms with Crippen molar-refractivity contribution in [3.05, 3.63) is 29.6 Å². The van der Waals surface area contributed by atoms with Gasteiger partial charge in [-0.25, -0.2) is 18.0 Å². The van der Waals surface area contributed by atoms with Gasteiger partial charge in [0.2, 0.25) is 0 Å². The summed E-state index contributed by atoms with van der Waals surface area (Å²) in [4.78, 5) is 50.8. The Kier molecular flexibility index (Phi) is 6.45. The zero-order valence-corrected chi connectivity index (χ0v) is 18.8. The number of ether oxygens (including phenoxy) is 1. The molecule has 0 bridgehead atoms. The lowest BCUT2D eigenvalue weighted by Gasteiger charge is -2.43. The van der Waals surface area contributed by atoms with Crippen molar-refractivity contribution in [1.82, 2.24) is 10.2 Å². The molecule has 1 aromatic rings. The molecule has 1 saturated heterocycles. The number of esters is 1. The van der Waals surface area contributed by atoms with E-state index < -0.39 is 65.1 Å². The number of hydrogen-bond donors (Lipinski definition) is 2. The summed E-state index contributed by atoms with van der Waals surface area (Å²) in [5.41, 5.74) is -1.91. The molecule has 1 aliphatic heterocycles. The third-order valence-electron chi connectivity index (χ3n) is 5.88. The quantitative estimate of drug-likeness (QED) is 0.392. The Hall–Kier alpha value is -3.11. The Bertz CT molecular complexity index is 1020. The molecule has 3 rings (SSSR count). The van der Waals surface area contributed by atoms with Gasteiger partial charge >= 0.3 is 12.0 Å². The van der Waals surface area contributed by atoms with Crippen LogP contribution in [-0.4, -0.2) is 46.9 Å². The summed E-state index contributed by atoms with van der Waals surface area (Å²) >= 11 is 0. The molecule has 33 heavy (non-hydrogen) atoms. The van der Waals surface area contributed by atoms with E-state index in [-0.39, 0.29) is 11.3 Å². The fourth-order valence-electron chi connectivity index (χ4n) is 4.92. The first-order chi connectivity index (χ1) is 15.2. The van der Waals surface area contributed by atoms with Gasteiger partial charge < -0.3 is 15.4 Å². The molecule has 2 aliphatic rings. The predicted octanol–water partition coefficient (Wildman–Crippen LogP) is 3.11. The van der Waals surface area contributed by atoms with E-state index in [4.69, 9.17) is 4.74 Å². The number of halogens is 3. The summed E-state index contributed by atoms with van der Waals surface area (Å²) < 4.78 is 45.0. The second-order valence-electron chi connectivity index (χ2n) is 9.60.